The van der Waals surface area contributed by atoms with E-state index in [9.17, 15) is 14.8 Å². The first-order chi connectivity index (χ1) is 15.5. The predicted octanol–water partition coefficient (Wildman–Crippen LogP) is 1.04. The molecule has 0 aliphatic rings. The molecular formula is C19H26N10O3. The summed E-state index contributed by atoms with van der Waals surface area (Å²) in [5, 5.41) is 18.4. The minimum absolute atomic E-state index is 0.0859. The maximum Gasteiger partial charge on any atom is 0.271 e. The Balaban J connectivity index is 1.67. The van der Waals surface area contributed by atoms with Crippen LogP contribution in [-0.4, -0.2) is 63.6 Å². The van der Waals surface area contributed by atoms with Gasteiger partial charge in [-0.3, -0.25) is 25.6 Å². The number of nitrogens with zero attached hydrogens (tertiary/aromatic N) is 8. The van der Waals surface area contributed by atoms with Gasteiger partial charge in [0.2, 0.25) is 12.3 Å². The molecule has 3 aromatic heterocycles. The molecule has 0 aliphatic carbocycles. The monoisotopic (exact) mass is 442 g/mol. The summed E-state index contributed by atoms with van der Waals surface area (Å²) in [5.41, 5.74) is 5.39. The Bertz CT molecular complexity index is 1020. The summed E-state index contributed by atoms with van der Waals surface area (Å²) >= 11 is 0. The Morgan fingerprint density at radius 2 is 2.16 bits per heavy atom. The molecule has 13 heteroatoms. The zero-order chi connectivity index (χ0) is 22.9. The molecule has 3 N–H and O–H groups in total. The first-order valence-electron chi connectivity index (χ1n) is 10.2. The van der Waals surface area contributed by atoms with Crippen molar-refractivity contribution in [1.29, 1.82) is 0 Å². The Morgan fingerprint density at radius 3 is 2.88 bits per heavy atom. The average Bonchev–Trinajstić information content (AvgIpc) is 3.47. The molecule has 0 aromatic carbocycles. The van der Waals surface area contributed by atoms with Gasteiger partial charge in [-0.25, -0.2) is 15.0 Å². The number of hydrazine groups is 1. The van der Waals surface area contributed by atoms with Crippen molar-refractivity contribution in [2.24, 2.45) is 5.92 Å². The second-order valence-electron chi connectivity index (χ2n) is 7.13. The van der Waals surface area contributed by atoms with E-state index < -0.39 is 5.92 Å². The van der Waals surface area contributed by atoms with Crippen LogP contribution in [0, 0.1) is 12.8 Å². The standard InChI is InChI=1S/C19H26N10O3/c1-3-4-5-7-15(10-27(32)13-30)18(31)25-24-16-8-6-9-17(23-16)29-14(2)22-19(26-29)28-12-20-11-21-28/h6,8-9,11-13,15,32H,3-5,7,10H2,1-2H3,(H,23,24)(H,25,31)/t15-/m1/s1. The molecule has 3 aromatic rings. The number of nitrogens with one attached hydrogen (secondary N) is 2. The van der Waals surface area contributed by atoms with Crippen LogP contribution in [0.2, 0.25) is 0 Å². The molecule has 0 saturated carbocycles. The van der Waals surface area contributed by atoms with Crippen LogP contribution in [0.4, 0.5) is 5.82 Å². The summed E-state index contributed by atoms with van der Waals surface area (Å²) in [6, 6.07) is 5.19. The largest absolute Gasteiger partial charge is 0.286 e. The van der Waals surface area contributed by atoms with Crippen LogP contribution in [0.15, 0.2) is 30.9 Å². The number of aryl methyl sites for hydroxylation is 1. The number of unbranched alkanes of at least 4 members (excludes halogenated alkanes) is 2. The van der Waals surface area contributed by atoms with Gasteiger partial charge in [0, 0.05) is 0 Å². The minimum Gasteiger partial charge on any atom is -0.286 e. The van der Waals surface area contributed by atoms with Gasteiger partial charge in [0.25, 0.3) is 5.95 Å². The third-order valence-electron chi connectivity index (χ3n) is 4.70. The smallest absolute Gasteiger partial charge is 0.271 e. The van der Waals surface area contributed by atoms with Gasteiger partial charge in [0.15, 0.2) is 5.82 Å². The molecule has 0 saturated heterocycles. The molecule has 0 bridgehead atoms. The molecule has 0 fully saturated rings. The van der Waals surface area contributed by atoms with E-state index in [1.807, 2.05) is 0 Å². The fraction of sp³-hybridized carbons (Fsp3) is 0.421. The van der Waals surface area contributed by atoms with E-state index in [1.165, 1.54) is 17.3 Å². The minimum atomic E-state index is -0.560. The lowest BCUT2D eigenvalue weighted by Crippen LogP contribution is -2.40. The number of amides is 2. The van der Waals surface area contributed by atoms with E-state index in [-0.39, 0.29) is 18.9 Å². The fourth-order valence-corrected chi connectivity index (χ4v) is 3.06. The van der Waals surface area contributed by atoms with E-state index in [0.29, 0.717) is 34.9 Å². The number of anilines is 1. The molecule has 2 amide bonds. The molecule has 32 heavy (non-hydrogen) atoms. The van der Waals surface area contributed by atoms with Crippen LogP contribution in [0.25, 0.3) is 11.8 Å². The summed E-state index contributed by atoms with van der Waals surface area (Å²) < 4.78 is 2.99. The van der Waals surface area contributed by atoms with Crippen LogP contribution in [0.5, 0.6) is 0 Å². The molecule has 3 rings (SSSR count). The summed E-state index contributed by atoms with van der Waals surface area (Å²) in [7, 11) is 0. The molecule has 0 unspecified atom stereocenters. The number of carbonyl (C=O) groups excluding carboxylic acids is 2. The van der Waals surface area contributed by atoms with Crippen LogP contribution in [0.3, 0.4) is 0 Å². The Kier molecular flexibility index (Phi) is 7.80. The number of hydrogen-bond acceptors (Lipinski definition) is 9. The molecule has 1 atom stereocenters. The average molecular weight is 442 g/mol. The molecule has 170 valence electrons. The van der Waals surface area contributed by atoms with Crippen molar-refractivity contribution in [3.63, 3.8) is 0 Å². The number of hydrogen-bond donors (Lipinski definition) is 3. The maximum absolute atomic E-state index is 12.6. The first-order valence-corrected chi connectivity index (χ1v) is 10.2. The number of carbonyl (C=O) groups is 2. The van der Waals surface area contributed by atoms with Gasteiger partial charge in [0.1, 0.15) is 24.3 Å². The SMILES string of the molecule is CCCCC[C@H](CN(O)C=O)C(=O)NNc1cccc(-n2nc(-n3cncn3)nc2C)n1. The van der Waals surface area contributed by atoms with Crippen LogP contribution >= 0.6 is 0 Å². The number of pyridine rings is 1. The van der Waals surface area contributed by atoms with Crippen molar-refractivity contribution in [1.82, 2.24) is 45.0 Å². The highest BCUT2D eigenvalue weighted by atomic mass is 16.5. The van der Waals surface area contributed by atoms with Crippen molar-refractivity contribution in [3.8, 4) is 11.8 Å². The van der Waals surface area contributed by atoms with E-state index in [2.05, 4.69) is 42.9 Å². The quantitative estimate of drug-likeness (QED) is 0.161. The topological polar surface area (TPSA) is 156 Å². The zero-order valence-electron chi connectivity index (χ0n) is 17.9. The summed E-state index contributed by atoms with van der Waals surface area (Å²) in [5.74, 6) is 0.915. The lowest BCUT2D eigenvalue weighted by Gasteiger charge is -2.20. The van der Waals surface area contributed by atoms with Gasteiger partial charge >= 0.3 is 0 Å². The molecule has 0 spiro atoms. The van der Waals surface area contributed by atoms with Crippen LogP contribution in [-0.2, 0) is 9.59 Å². The number of hydroxylamine groups is 2. The second-order valence-corrected chi connectivity index (χ2v) is 7.13. The zero-order valence-corrected chi connectivity index (χ0v) is 17.9. The van der Waals surface area contributed by atoms with Crippen LogP contribution in [0.1, 0.15) is 38.4 Å². The molecule has 3 heterocycles. The lowest BCUT2D eigenvalue weighted by molar-refractivity contribution is -0.154. The number of aromatic nitrogens is 7. The normalized spacial score (nSPS) is 11.7. The van der Waals surface area contributed by atoms with Crippen molar-refractivity contribution in [2.75, 3.05) is 12.0 Å². The lowest BCUT2D eigenvalue weighted by atomic mass is 10.0. The summed E-state index contributed by atoms with van der Waals surface area (Å²) in [6.45, 7) is 3.76. The Morgan fingerprint density at radius 1 is 1.31 bits per heavy atom. The highest BCUT2D eigenvalue weighted by Gasteiger charge is 2.21. The number of rotatable bonds is 12. The van der Waals surface area contributed by atoms with Crippen molar-refractivity contribution in [2.45, 2.75) is 39.5 Å². The summed E-state index contributed by atoms with van der Waals surface area (Å²) in [6.07, 6.45) is 6.49. The van der Waals surface area contributed by atoms with Gasteiger partial charge in [-0.2, -0.15) is 19.4 Å². The van der Waals surface area contributed by atoms with Crippen molar-refractivity contribution < 1.29 is 14.8 Å². The van der Waals surface area contributed by atoms with Crippen LogP contribution < -0.4 is 10.9 Å². The molecular weight excluding hydrogens is 416 g/mol. The van der Waals surface area contributed by atoms with Crippen molar-refractivity contribution in [3.05, 3.63) is 36.7 Å². The predicted molar refractivity (Wildman–Crippen MR) is 113 cm³/mol. The van der Waals surface area contributed by atoms with E-state index in [0.717, 1.165) is 19.3 Å². The van der Waals surface area contributed by atoms with Gasteiger partial charge in [-0.15, -0.1) is 5.10 Å². The Labute approximate surface area is 184 Å². The molecule has 0 radical (unpaired) electrons. The summed E-state index contributed by atoms with van der Waals surface area (Å²) in [4.78, 5) is 36.0. The van der Waals surface area contributed by atoms with Gasteiger partial charge in [0.05, 0.1) is 12.5 Å². The van der Waals surface area contributed by atoms with E-state index in [1.54, 1.807) is 29.8 Å². The second kappa shape index (κ2) is 10.9. The van der Waals surface area contributed by atoms with E-state index >= 15 is 0 Å². The fourth-order valence-electron chi connectivity index (χ4n) is 3.06. The van der Waals surface area contributed by atoms with Gasteiger partial charge in [-0.05, 0) is 25.5 Å². The first kappa shape index (κ1) is 22.8. The Hall–Kier alpha value is -3.87. The van der Waals surface area contributed by atoms with E-state index in [4.69, 9.17) is 0 Å². The third kappa shape index (κ3) is 5.85. The molecule has 13 nitrogen and oxygen atoms in total. The van der Waals surface area contributed by atoms with Gasteiger partial charge < -0.3 is 0 Å². The van der Waals surface area contributed by atoms with Gasteiger partial charge in [-0.1, -0.05) is 32.3 Å². The van der Waals surface area contributed by atoms with Crippen molar-refractivity contribution >= 4 is 18.1 Å². The highest BCUT2D eigenvalue weighted by molar-refractivity contribution is 5.80. The third-order valence-corrected chi connectivity index (χ3v) is 4.70. The molecule has 0 aliphatic heterocycles. The maximum atomic E-state index is 12.6. The highest BCUT2D eigenvalue weighted by Crippen LogP contribution is 2.13.